The van der Waals surface area contributed by atoms with Crippen molar-refractivity contribution < 1.29 is 5.11 Å². The smallest absolute Gasteiger partial charge is 0.132 e. The molecule has 0 amide bonds. The van der Waals surface area contributed by atoms with E-state index in [0.717, 1.165) is 49.7 Å². The number of hydrogen-bond acceptors (Lipinski definition) is 5. The van der Waals surface area contributed by atoms with Crippen LogP contribution in [0.5, 0.6) is 0 Å². The summed E-state index contributed by atoms with van der Waals surface area (Å²) in [7, 11) is 0. The molecule has 0 saturated heterocycles. The normalized spacial score (nSPS) is 23.1. The number of rotatable bonds is 5. The Morgan fingerprint density at radius 2 is 1.95 bits per heavy atom. The van der Waals surface area contributed by atoms with Crippen LogP contribution < -0.4 is 10.6 Å². The second-order valence-electron chi connectivity index (χ2n) is 5.04. The highest BCUT2D eigenvalue weighted by Crippen LogP contribution is 2.22. The number of nitrogens with zero attached hydrogens (tertiary/aromatic N) is 2. The minimum Gasteiger partial charge on any atom is -0.391 e. The van der Waals surface area contributed by atoms with Crippen LogP contribution in [0.1, 0.15) is 45.4 Å². The Hall–Kier alpha value is -1.36. The van der Waals surface area contributed by atoms with E-state index in [9.17, 15) is 5.11 Å². The predicted octanol–water partition coefficient (Wildman–Crippen LogP) is 2.19. The van der Waals surface area contributed by atoms with Crippen molar-refractivity contribution >= 4 is 11.6 Å². The lowest BCUT2D eigenvalue weighted by molar-refractivity contribution is 0.116. The first-order valence-corrected chi connectivity index (χ1v) is 7.29. The van der Waals surface area contributed by atoms with Crippen LogP contribution in [-0.2, 0) is 6.42 Å². The average Bonchev–Trinajstić information content (AvgIpc) is 2.41. The van der Waals surface area contributed by atoms with E-state index >= 15 is 0 Å². The van der Waals surface area contributed by atoms with Gasteiger partial charge in [-0.3, -0.25) is 0 Å². The highest BCUT2D eigenvalue weighted by atomic mass is 16.3. The van der Waals surface area contributed by atoms with Gasteiger partial charge in [-0.15, -0.1) is 0 Å². The summed E-state index contributed by atoms with van der Waals surface area (Å²) in [5.74, 6) is 2.49. The molecule has 1 fully saturated rings. The average molecular weight is 264 g/mol. The molecule has 0 spiro atoms. The van der Waals surface area contributed by atoms with E-state index < -0.39 is 0 Å². The molecule has 0 aromatic carbocycles. The van der Waals surface area contributed by atoms with Crippen LogP contribution in [0, 0.1) is 0 Å². The third kappa shape index (κ3) is 3.80. The Bertz CT molecular complexity index is 410. The van der Waals surface area contributed by atoms with Gasteiger partial charge < -0.3 is 15.7 Å². The van der Waals surface area contributed by atoms with Crippen molar-refractivity contribution in [3.63, 3.8) is 0 Å². The fourth-order valence-electron chi connectivity index (χ4n) is 2.47. The van der Waals surface area contributed by atoms with E-state index in [1.54, 1.807) is 0 Å². The van der Waals surface area contributed by atoms with Crippen LogP contribution in [0.4, 0.5) is 11.6 Å². The summed E-state index contributed by atoms with van der Waals surface area (Å²) < 4.78 is 0. The van der Waals surface area contributed by atoms with Gasteiger partial charge in [-0.25, -0.2) is 9.97 Å². The van der Waals surface area contributed by atoms with Crippen molar-refractivity contribution in [3.8, 4) is 0 Å². The molecule has 1 aliphatic rings. The number of aryl methyl sites for hydroxylation is 1. The van der Waals surface area contributed by atoms with E-state index in [-0.39, 0.29) is 12.1 Å². The van der Waals surface area contributed by atoms with Gasteiger partial charge in [0.15, 0.2) is 0 Å². The number of aromatic nitrogens is 2. The summed E-state index contributed by atoms with van der Waals surface area (Å²) in [5.41, 5.74) is 0. The van der Waals surface area contributed by atoms with Crippen LogP contribution in [0.3, 0.4) is 0 Å². The Labute approximate surface area is 114 Å². The van der Waals surface area contributed by atoms with Gasteiger partial charge >= 0.3 is 0 Å². The Balaban J connectivity index is 2.11. The fourth-order valence-corrected chi connectivity index (χ4v) is 2.47. The van der Waals surface area contributed by atoms with Gasteiger partial charge in [-0.2, -0.15) is 0 Å². The topological polar surface area (TPSA) is 70.1 Å². The first kappa shape index (κ1) is 14.1. The van der Waals surface area contributed by atoms with Gasteiger partial charge in [-0.1, -0.05) is 19.8 Å². The SMILES string of the molecule is CCNc1cc(NC2CCCCC2O)nc(CC)n1. The second-order valence-corrected chi connectivity index (χ2v) is 5.04. The lowest BCUT2D eigenvalue weighted by Crippen LogP contribution is -2.36. The summed E-state index contributed by atoms with van der Waals surface area (Å²) in [5, 5.41) is 16.6. The maximum atomic E-state index is 10.0. The molecule has 19 heavy (non-hydrogen) atoms. The molecule has 5 heteroatoms. The monoisotopic (exact) mass is 264 g/mol. The third-order valence-corrected chi connectivity index (χ3v) is 3.51. The molecule has 1 heterocycles. The van der Waals surface area contributed by atoms with Crippen molar-refractivity contribution in [1.29, 1.82) is 0 Å². The van der Waals surface area contributed by atoms with Gasteiger partial charge in [0.2, 0.25) is 0 Å². The van der Waals surface area contributed by atoms with Crippen LogP contribution in [-0.4, -0.2) is 33.8 Å². The molecule has 106 valence electrons. The first-order valence-electron chi connectivity index (χ1n) is 7.29. The van der Waals surface area contributed by atoms with Crippen molar-refractivity contribution in [1.82, 2.24) is 9.97 Å². The summed E-state index contributed by atoms with van der Waals surface area (Å²) in [4.78, 5) is 8.92. The molecule has 3 N–H and O–H groups in total. The maximum Gasteiger partial charge on any atom is 0.132 e. The molecule has 2 atom stereocenters. The largest absolute Gasteiger partial charge is 0.391 e. The van der Waals surface area contributed by atoms with E-state index in [1.807, 2.05) is 19.9 Å². The molecule has 0 radical (unpaired) electrons. The van der Waals surface area contributed by atoms with E-state index in [2.05, 4.69) is 20.6 Å². The summed E-state index contributed by atoms with van der Waals surface area (Å²) in [6.45, 7) is 4.93. The Morgan fingerprint density at radius 3 is 2.63 bits per heavy atom. The highest BCUT2D eigenvalue weighted by Gasteiger charge is 2.23. The van der Waals surface area contributed by atoms with Crippen LogP contribution in [0.2, 0.25) is 0 Å². The van der Waals surface area contributed by atoms with Crippen LogP contribution in [0.25, 0.3) is 0 Å². The number of nitrogens with one attached hydrogen (secondary N) is 2. The maximum absolute atomic E-state index is 10.0. The van der Waals surface area contributed by atoms with E-state index in [4.69, 9.17) is 0 Å². The van der Waals surface area contributed by atoms with Crippen molar-refractivity contribution in [2.45, 2.75) is 58.1 Å². The van der Waals surface area contributed by atoms with Crippen LogP contribution in [0.15, 0.2) is 6.07 Å². The molecule has 5 nitrogen and oxygen atoms in total. The molecule has 1 saturated carbocycles. The van der Waals surface area contributed by atoms with E-state index in [0.29, 0.717) is 0 Å². The molecular formula is C14H24N4O. The van der Waals surface area contributed by atoms with Crippen molar-refractivity contribution in [2.24, 2.45) is 0 Å². The number of anilines is 2. The summed E-state index contributed by atoms with van der Waals surface area (Å²) in [6, 6.07) is 2.03. The lowest BCUT2D eigenvalue weighted by atomic mass is 9.92. The van der Waals surface area contributed by atoms with Crippen molar-refractivity contribution in [3.05, 3.63) is 11.9 Å². The standard InChI is InChI=1S/C14H24N4O/c1-3-12-17-13(15-4-2)9-14(18-12)16-10-7-5-6-8-11(10)19/h9-11,19H,3-8H2,1-2H3,(H2,15,16,17,18). The minimum atomic E-state index is -0.267. The second kappa shape index (κ2) is 6.70. The zero-order valence-electron chi connectivity index (χ0n) is 11.8. The predicted molar refractivity (Wildman–Crippen MR) is 77.5 cm³/mol. The molecule has 2 rings (SSSR count). The lowest BCUT2D eigenvalue weighted by Gasteiger charge is -2.28. The molecule has 1 aromatic heterocycles. The molecule has 0 aliphatic heterocycles. The first-order chi connectivity index (χ1) is 9.22. The van der Waals surface area contributed by atoms with E-state index in [1.165, 1.54) is 6.42 Å². The molecule has 1 aromatic rings. The number of aliphatic hydroxyl groups is 1. The fraction of sp³-hybridized carbons (Fsp3) is 0.714. The zero-order valence-corrected chi connectivity index (χ0v) is 11.8. The number of hydrogen-bond donors (Lipinski definition) is 3. The summed E-state index contributed by atoms with van der Waals surface area (Å²) >= 11 is 0. The zero-order chi connectivity index (χ0) is 13.7. The van der Waals surface area contributed by atoms with Gasteiger partial charge in [0.25, 0.3) is 0 Å². The van der Waals surface area contributed by atoms with Gasteiger partial charge in [0.05, 0.1) is 12.1 Å². The minimum absolute atomic E-state index is 0.114. The summed E-state index contributed by atoms with van der Waals surface area (Å²) in [6.07, 6.45) is 4.71. The molecule has 2 unspecified atom stereocenters. The Morgan fingerprint density at radius 1 is 1.21 bits per heavy atom. The van der Waals surface area contributed by atoms with Gasteiger partial charge in [0, 0.05) is 19.0 Å². The third-order valence-electron chi connectivity index (χ3n) is 3.51. The molecule has 1 aliphatic carbocycles. The van der Waals surface area contributed by atoms with Gasteiger partial charge in [-0.05, 0) is 19.8 Å². The van der Waals surface area contributed by atoms with Crippen molar-refractivity contribution in [2.75, 3.05) is 17.2 Å². The quantitative estimate of drug-likeness (QED) is 0.760. The number of aliphatic hydroxyl groups excluding tert-OH is 1. The van der Waals surface area contributed by atoms with Gasteiger partial charge in [0.1, 0.15) is 17.5 Å². The van der Waals surface area contributed by atoms with Crippen LogP contribution >= 0.6 is 0 Å². The Kier molecular flexibility index (Phi) is 4.96. The molecular weight excluding hydrogens is 240 g/mol. The highest BCUT2D eigenvalue weighted by molar-refractivity contribution is 5.48. The molecule has 0 bridgehead atoms.